The van der Waals surface area contributed by atoms with Crippen LogP contribution in [0.3, 0.4) is 0 Å². The zero-order chi connectivity index (χ0) is 8.27. The molecule has 0 aliphatic heterocycles. The van der Waals surface area contributed by atoms with Gasteiger partial charge in [0.05, 0.1) is 11.3 Å². The normalized spacial score (nSPS) is 8.82. The Morgan fingerprint density at radius 1 is 1.55 bits per heavy atom. The van der Waals surface area contributed by atoms with Crippen LogP contribution in [0.2, 0.25) is 5.02 Å². The van der Waals surface area contributed by atoms with Gasteiger partial charge >= 0.3 is 0 Å². The average molecular weight is 167 g/mol. The molecule has 0 unspecified atom stereocenters. The molecule has 3 heteroatoms. The van der Waals surface area contributed by atoms with Gasteiger partial charge in [0.1, 0.15) is 6.07 Å². The van der Waals surface area contributed by atoms with Crippen molar-refractivity contribution in [2.45, 2.75) is 0 Å². The highest BCUT2D eigenvalue weighted by molar-refractivity contribution is 6.30. The molecule has 1 aromatic carbocycles. The second-order valence-electron chi connectivity index (χ2n) is 2.05. The molecular weight excluding hydrogens is 160 g/mol. The Morgan fingerprint density at radius 2 is 2.27 bits per heavy atom. The average Bonchev–Trinajstić information content (AvgIpc) is 2.04. The van der Waals surface area contributed by atoms with Crippen molar-refractivity contribution in [2.75, 3.05) is 12.4 Å². The first-order chi connectivity index (χ1) is 5.27. The first-order valence-electron chi connectivity index (χ1n) is 3.15. The maximum absolute atomic E-state index is 8.61. The van der Waals surface area contributed by atoms with E-state index in [2.05, 4.69) is 11.4 Å². The third kappa shape index (κ3) is 1.63. The Labute approximate surface area is 70.4 Å². The molecule has 0 saturated heterocycles. The lowest BCUT2D eigenvalue weighted by Gasteiger charge is -2.01. The Hall–Kier alpha value is -1.20. The fourth-order valence-corrected chi connectivity index (χ4v) is 0.993. The molecule has 0 aromatic heterocycles. The monoisotopic (exact) mass is 166 g/mol. The predicted molar refractivity (Wildman–Crippen MR) is 45.7 cm³/mol. The summed E-state index contributed by atoms with van der Waals surface area (Å²) in [5, 5.41) is 12.1. The minimum atomic E-state index is 0.608. The Morgan fingerprint density at radius 3 is 2.82 bits per heavy atom. The topological polar surface area (TPSA) is 35.8 Å². The second-order valence-corrected chi connectivity index (χ2v) is 2.49. The molecular formula is C8H7ClN2. The van der Waals surface area contributed by atoms with Crippen molar-refractivity contribution >= 4 is 17.3 Å². The van der Waals surface area contributed by atoms with Crippen molar-refractivity contribution in [3.05, 3.63) is 28.8 Å². The maximum atomic E-state index is 8.61. The van der Waals surface area contributed by atoms with E-state index in [9.17, 15) is 0 Å². The molecule has 0 aliphatic carbocycles. The predicted octanol–water partition coefficient (Wildman–Crippen LogP) is 2.25. The van der Waals surface area contributed by atoms with E-state index >= 15 is 0 Å². The number of nitriles is 1. The molecule has 1 N–H and O–H groups in total. The summed E-state index contributed by atoms with van der Waals surface area (Å²) < 4.78 is 0. The molecule has 56 valence electrons. The van der Waals surface area contributed by atoms with E-state index in [1.807, 2.05) is 0 Å². The van der Waals surface area contributed by atoms with Gasteiger partial charge in [-0.15, -0.1) is 0 Å². The van der Waals surface area contributed by atoms with E-state index in [1.54, 1.807) is 25.2 Å². The molecule has 11 heavy (non-hydrogen) atoms. The van der Waals surface area contributed by atoms with Crippen LogP contribution in [0.1, 0.15) is 5.56 Å². The minimum absolute atomic E-state index is 0.608. The van der Waals surface area contributed by atoms with Crippen LogP contribution in [0, 0.1) is 11.3 Å². The van der Waals surface area contributed by atoms with Crippen LogP contribution in [-0.4, -0.2) is 7.05 Å². The van der Waals surface area contributed by atoms with Gasteiger partial charge in [0.2, 0.25) is 0 Å². The van der Waals surface area contributed by atoms with Gasteiger partial charge in [0, 0.05) is 12.1 Å². The van der Waals surface area contributed by atoms with E-state index in [1.165, 1.54) is 0 Å². The number of benzene rings is 1. The maximum Gasteiger partial charge on any atom is 0.101 e. The first kappa shape index (κ1) is 7.90. The van der Waals surface area contributed by atoms with Gasteiger partial charge < -0.3 is 5.32 Å². The van der Waals surface area contributed by atoms with Gasteiger partial charge in [-0.3, -0.25) is 0 Å². The van der Waals surface area contributed by atoms with Crippen molar-refractivity contribution < 1.29 is 0 Å². The SMILES string of the molecule is CNc1cc(Cl)ccc1C#N. The molecule has 2 nitrogen and oxygen atoms in total. The largest absolute Gasteiger partial charge is 0.387 e. The van der Waals surface area contributed by atoms with Gasteiger partial charge in [-0.2, -0.15) is 5.26 Å². The zero-order valence-corrected chi connectivity index (χ0v) is 6.81. The minimum Gasteiger partial charge on any atom is -0.387 e. The quantitative estimate of drug-likeness (QED) is 0.695. The van der Waals surface area contributed by atoms with Crippen LogP contribution >= 0.6 is 11.6 Å². The smallest absolute Gasteiger partial charge is 0.101 e. The van der Waals surface area contributed by atoms with Crippen LogP contribution in [0.5, 0.6) is 0 Å². The van der Waals surface area contributed by atoms with E-state index < -0.39 is 0 Å². The van der Waals surface area contributed by atoms with Gasteiger partial charge in [0.25, 0.3) is 0 Å². The van der Waals surface area contributed by atoms with Crippen LogP contribution in [0.4, 0.5) is 5.69 Å². The number of halogens is 1. The molecule has 0 atom stereocenters. The second kappa shape index (κ2) is 3.27. The molecule has 0 aliphatic rings. The Balaban J connectivity index is 3.19. The van der Waals surface area contributed by atoms with Crippen LogP contribution < -0.4 is 5.32 Å². The molecule has 1 rings (SSSR count). The number of nitrogens with one attached hydrogen (secondary N) is 1. The van der Waals surface area contributed by atoms with Crippen LogP contribution in [-0.2, 0) is 0 Å². The summed E-state index contributed by atoms with van der Waals surface area (Å²) in [6.45, 7) is 0. The molecule has 0 fully saturated rings. The summed E-state index contributed by atoms with van der Waals surface area (Å²) in [7, 11) is 1.76. The lowest BCUT2D eigenvalue weighted by molar-refractivity contribution is 1.44. The zero-order valence-electron chi connectivity index (χ0n) is 6.06. The van der Waals surface area contributed by atoms with Crippen molar-refractivity contribution in [1.82, 2.24) is 0 Å². The fourth-order valence-electron chi connectivity index (χ4n) is 0.821. The number of rotatable bonds is 1. The van der Waals surface area contributed by atoms with Crippen molar-refractivity contribution in [1.29, 1.82) is 5.26 Å². The molecule has 0 heterocycles. The molecule has 0 spiro atoms. The summed E-state index contributed by atoms with van der Waals surface area (Å²) >= 11 is 5.70. The third-order valence-electron chi connectivity index (χ3n) is 1.37. The highest BCUT2D eigenvalue weighted by Crippen LogP contribution is 2.19. The molecule has 0 amide bonds. The molecule has 0 radical (unpaired) electrons. The summed E-state index contributed by atoms with van der Waals surface area (Å²) in [5.41, 5.74) is 1.37. The van der Waals surface area contributed by atoms with Gasteiger partial charge in [-0.1, -0.05) is 11.6 Å². The third-order valence-corrected chi connectivity index (χ3v) is 1.61. The summed E-state index contributed by atoms with van der Waals surface area (Å²) in [6, 6.07) is 7.16. The Kier molecular flexibility index (Phi) is 2.35. The van der Waals surface area contributed by atoms with Crippen molar-refractivity contribution in [3.63, 3.8) is 0 Å². The van der Waals surface area contributed by atoms with E-state index in [-0.39, 0.29) is 0 Å². The van der Waals surface area contributed by atoms with Gasteiger partial charge in [-0.25, -0.2) is 0 Å². The number of hydrogen-bond donors (Lipinski definition) is 1. The standard InChI is InChI=1S/C8H7ClN2/c1-11-8-4-7(9)3-2-6(8)5-10/h2-4,11H,1H3. The number of hydrogen-bond acceptors (Lipinski definition) is 2. The lowest BCUT2D eigenvalue weighted by Crippen LogP contribution is -1.91. The van der Waals surface area contributed by atoms with Crippen LogP contribution in [0.25, 0.3) is 0 Å². The highest BCUT2D eigenvalue weighted by atomic mass is 35.5. The van der Waals surface area contributed by atoms with Crippen molar-refractivity contribution in [3.8, 4) is 6.07 Å². The summed E-state index contributed by atoms with van der Waals surface area (Å²) in [4.78, 5) is 0. The molecule has 0 saturated carbocycles. The van der Waals surface area contributed by atoms with E-state index in [0.717, 1.165) is 5.69 Å². The first-order valence-corrected chi connectivity index (χ1v) is 3.53. The summed E-state index contributed by atoms with van der Waals surface area (Å²) in [5.74, 6) is 0. The van der Waals surface area contributed by atoms with Gasteiger partial charge in [-0.05, 0) is 18.2 Å². The summed E-state index contributed by atoms with van der Waals surface area (Å²) in [6.07, 6.45) is 0. The fraction of sp³-hybridized carbons (Fsp3) is 0.125. The number of nitrogens with zero attached hydrogens (tertiary/aromatic N) is 1. The lowest BCUT2D eigenvalue weighted by atomic mass is 10.2. The van der Waals surface area contributed by atoms with Crippen LogP contribution in [0.15, 0.2) is 18.2 Å². The highest BCUT2D eigenvalue weighted by Gasteiger charge is 1.98. The number of anilines is 1. The van der Waals surface area contributed by atoms with Crippen molar-refractivity contribution in [2.24, 2.45) is 0 Å². The Bertz CT molecular complexity index is 301. The molecule has 1 aromatic rings. The van der Waals surface area contributed by atoms with E-state index in [4.69, 9.17) is 16.9 Å². The van der Waals surface area contributed by atoms with E-state index in [0.29, 0.717) is 10.6 Å². The van der Waals surface area contributed by atoms with Gasteiger partial charge in [0.15, 0.2) is 0 Å². The molecule has 0 bridgehead atoms.